The molecule has 0 saturated heterocycles. The molecule has 1 heterocycles. The first-order valence-electron chi connectivity index (χ1n) is 3.98. The molecule has 1 aliphatic heterocycles. The minimum atomic E-state index is 0.249. The Bertz CT molecular complexity index is 205. The van der Waals surface area contributed by atoms with Gasteiger partial charge in [-0.25, -0.2) is 0 Å². The van der Waals surface area contributed by atoms with E-state index in [9.17, 15) is 0 Å². The maximum Gasteiger partial charge on any atom is 0.136 e. The lowest BCUT2D eigenvalue weighted by atomic mass is 10.2. The first-order chi connectivity index (χ1) is 5.15. The van der Waals surface area contributed by atoms with Gasteiger partial charge in [0.25, 0.3) is 0 Å². The number of aliphatic imine (C=N–C) groups is 1. The summed E-state index contributed by atoms with van der Waals surface area (Å²) in [5, 5.41) is 6.25. The predicted octanol–water partition coefficient (Wildman–Crippen LogP) is 1.50. The van der Waals surface area contributed by atoms with E-state index in [1.165, 1.54) is 0 Å². The molecule has 1 rings (SSSR count). The average Bonchev–Trinajstić information content (AvgIpc) is 1.97. The smallest absolute Gasteiger partial charge is 0.136 e. The van der Waals surface area contributed by atoms with E-state index in [2.05, 4.69) is 17.0 Å². The second-order valence-corrected chi connectivity index (χ2v) is 2.86. The van der Waals surface area contributed by atoms with Crippen molar-refractivity contribution in [1.29, 1.82) is 0 Å². The Kier molecular flexibility index (Phi) is 2.27. The first-order valence-corrected chi connectivity index (χ1v) is 3.98. The summed E-state index contributed by atoms with van der Waals surface area (Å²) in [5.74, 6) is 0. The fourth-order valence-electron chi connectivity index (χ4n) is 1.13. The molecule has 0 aromatic carbocycles. The van der Waals surface area contributed by atoms with Crippen LogP contribution >= 0.6 is 0 Å². The molecule has 1 aliphatic rings. The SMILES string of the molecule is CCC1N=C(C)C(C)=NN1C. The summed E-state index contributed by atoms with van der Waals surface area (Å²) < 4.78 is 0. The molecule has 0 radical (unpaired) electrons. The van der Waals surface area contributed by atoms with Crippen LogP contribution in [0.15, 0.2) is 10.1 Å². The van der Waals surface area contributed by atoms with E-state index < -0.39 is 0 Å². The molecular formula is C8H15N3. The summed E-state index contributed by atoms with van der Waals surface area (Å²) in [4.78, 5) is 4.47. The molecule has 0 saturated carbocycles. The van der Waals surface area contributed by atoms with Crippen LogP contribution in [0.3, 0.4) is 0 Å². The maximum atomic E-state index is 4.47. The van der Waals surface area contributed by atoms with Crippen molar-refractivity contribution in [1.82, 2.24) is 5.01 Å². The Morgan fingerprint density at radius 2 is 2.00 bits per heavy atom. The molecule has 0 aliphatic carbocycles. The van der Waals surface area contributed by atoms with Crippen molar-refractivity contribution in [2.45, 2.75) is 33.4 Å². The van der Waals surface area contributed by atoms with Crippen LogP contribution in [-0.2, 0) is 0 Å². The molecule has 3 nitrogen and oxygen atoms in total. The van der Waals surface area contributed by atoms with Gasteiger partial charge in [0.1, 0.15) is 6.17 Å². The quantitative estimate of drug-likeness (QED) is 0.561. The summed E-state index contributed by atoms with van der Waals surface area (Å²) in [6.07, 6.45) is 1.27. The van der Waals surface area contributed by atoms with Crippen LogP contribution in [0.2, 0.25) is 0 Å². The van der Waals surface area contributed by atoms with Crippen molar-refractivity contribution in [3.05, 3.63) is 0 Å². The molecule has 0 spiro atoms. The predicted molar refractivity (Wildman–Crippen MR) is 48.1 cm³/mol. The highest BCUT2D eigenvalue weighted by atomic mass is 15.5. The molecule has 0 fully saturated rings. The fraction of sp³-hybridized carbons (Fsp3) is 0.750. The van der Waals surface area contributed by atoms with Gasteiger partial charge in [-0.15, -0.1) is 0 Å². The highest BCUT2D eigenvalue weighted by Crippen LogP contribution is 2.09. The second-order valence-electron chi connectivity index (χ2n) is 2.86. The van der Waals surface area contributed by atoms with Gasteiger partial charge in [-0.1, -0.05) is 6.92 Å². The maximum absolute atomic E-state index is 4.47. The van der Waals surface area contributed by atoms with Gasteiger partial charge < -0.3 is 0 Å². The molecule has 0 bridgehead atoms. The second kappa shape index (κ2) is 3.03. The van der Waals surface area contributed by atoms with Gasteiger partial charge in [0.15, 0.2) is 0 Å². The van der Waals surface area contributed by atoms with E-state index in [1.807, 2.05) is 25.9 Å². The van der Waals surface area contributed by atoms with Gasteiger partial charge >= 0.3 is 0 Å². The molecule has 1 atom stereocenters. The highest BCUT2D eigenvalue weighted by Gasteiger charge is 2.15. The van der Waals surface area contributed by atoms with Crippen molar-refractivity contribution in [2.24, 2.45) is 10.1 Å². The highest BCUT2D eigenvalue weighted by molar-refractivity contribution is 6.40. The molecule has 1 unspecified atom stereocenters. The average molecular weight is 153 g/mol. The van der Waals surface area contributed by atoms with E-state index in [0.717, 1.165) is 17.8 Å². The van der Waals surface area contributed by atoms with Crippen molar-refractivity contribution < 1.29 is 0 Å². The Morgan fingerprint density at radius 1 is 1.36 bits per heavy atom. The van der Waals surface area contributed by atoms with Crippen molar-refractivity contribution in [2.75, 3.05) is 7.05 Å². The third-order valence-corrected chi connectivity index (χ3v) is 1.97. The zero-order chi connectivity index (χ0) is 8.43. The van der Waals surface area contributed by atoms with E-state index in [1.54, 1.807) is 0 Å². The number of rotatable bonds is 1. The fourth-order valence-corrected chi connectivity index (χ4v) is 1.13. The minimum Gasteiger partial charge on any atom is -0.276 e. The summed E-state index contributed by atoms with van der Waals surface area (Å²) in [6, 6.07) is 0. The molecule has 0 amide bonds. The zero-order valence-electron chi connectivity index (χ0n) is 7.63. The normalized spacial score (nSPS) is 24.7. The molecule has 3 heteroatoms. The van der Waals surface area contributed by atoms with Gasteiger partial charge in [-0.3, -0.25) is 10.0 Å². The summed E-state index contributed by atoms with van der Waals surface area (Å²) in [6.45, 7) is 6.11. The van der Waals surface area contributed by atoms with E-state index in [0.29, 0.717) is 0 Å². The van der Waals surface area contributed by atoms with Gasteiger partial charge in [0, 0.05) is 7.05 Å². The van der Waals surface area contributed by atoms with Gasteiger partial charge in [-0.05, 0) is 20.3 Å². The van der Waals surface area contributed by atoms with E-state index in [-0.39, 0.29) is 6.17 Å². The number of hydrazone groups is 1. The third kappa shape index (κ3) is 1.59. The van der Waals surface area contributed by atoms with Crippen LogP contribution in [0.25, 0.3) is 0 Å². The monoisotopic (exact) mass is 153 g/mol. The van der Waals surface area contributed by atoms with Crippen LogP contribution in [0, 0.1) is 0 Å². The Labute approximate surface area is 67.8 Å². The lowest BCUT2D eigenvalue weighted by Crippen LogP contribution is -2.32. The number of nitrogens with zero attached hydrogens (tertiary/aromatic N) is 3. The molecular weight excluding hydrogens is 138 g/mol. The Morgan fingerprint density at radius 3 is 2.55 bits per heavy atom. The molecule has 0 N–H and O–H groups in total. The van der Waals surface area contributed by atoms with Crippen molar-refractivity contribution in [3.8, 4) is 0 Å². The van der Waals surface area contributed by atoms with E-state index in [4.69, 9.17) is 0 Å². The first kappa shape index (κ1) is 8.24. The topological polar surface area (TPSA) is 28.0 Å². The number of hydrogen-bond acceptors (Lipinski definition) is 3. The largest absolute Gasteiger partial charge is 0.276 e. The van der Waals surface area contributed by atoms with Gasteiger partial charge in [0.05, 0.1) is 11.4 Å². The Hall–Kier alpha value is -0.860. The third-order valence-electron chi connectivity index (χ3n) is 1.97. The van der Waals surface area contributed by atoms with E-state index >= 15 is 0 Å². The van der Waals surface area contributed by atoms with Crippen molar-refractivity contribution in [3.63, 3.8) is 0 Å². The molecule has 0 aromatic heterocycles. The summed E-state index contributed by atoms with van der Waals surface area (Å²) in [7, 11) is 1.97. The molecule has 11 heavy (non-hydrogen) atoms. The lowest BCUT2D eigenvalue weighted by molar-refractivity contribution is 0.251. The summed E-state index contributed by atoms with van der Waals surface area (Å²) in [5.41, 5.74) is 2.09. The van der Waals surface area contributed by atoms with Gasteiger partial charge in [-0.2, -0.15) is 5.10 Å². The van der Waals surface area contributed by atoms with Crippen LogP contribution in [0.4, 0.5) is 0 Å². The lowest BCUT2D eigenvalue weighted by Gasteiger charge is -2.26. The zero-order valence-corrected chi connectivity index (χ0v) is 7.63. The summed E-state index contributed by atoms with van der Waals surface area (Å²) >= 11 is 0. The van der Waals surface area contributed by atoms with Crippen LogP contribution in [0.5, 0.6) is 0 Å². The van der Waals surface area contributed by atoms with Crippen molar-refractivity contribution >= 4 is 11.4 Å². The van der Waals surface area contributed by atoms with Crippen LogP contribution in [-0.4, -0.2) is 29.6 Å². The molecule has 0 aromatic rings. The standard InChI is InChI=1S/C8H15N3/c1-5-8-9-6(2)7(3)10-11(8)4/h8H,5H2,1-4H3. The van der Waals surface area contributed by atoms with Crippen LogP contribution in [0.1, 0.15) is 27.2 Å². The molecule has 62 valence electrons. The minimum absolute atomic E-state index is 0.249. The Balaban J connectivity index is 2.79. The van der Waals surface area contributed by atoms with Gasteiger partial charge in [0.2, 0.25) is 0 Å². The number of hydrogen-bond donors (Lipinski definition) is 0. The van der Waals surface area contributed by atoms with Crippen LogP contribution < -0.4 is 0 Å².